The normalized spacial score (nSPS) is 22.2. The Morgan fingerprint density at radius 2 is 1.85 bits per heavy atom. The lowest BCUT2D eigenvalue weighted by atomic mass is 9.79. The fraction of sp³-hybridized carbons (Fsp3) is 0.471. The Hall–Kier alpha value is -4.29. The van der Waals surface area contributed by atoms with Crippen molar-refractivity contribution in [3.05, 3.63) is 76.9 Å². The predicted molar refractivity (Wildman–Crippen MR) is 175 cm³/mol. The Morgan fingerprint density at radius 1 is 1.10 bits per heavy atom. The summed E-state index contributed by atoms with van der Waals surface area (Å²) in [5.74, 6) is -1.88. The van der Waals surface area contributed by atoms with Crippen molar-refractivity contribution in [1.29, 1.82) is 5.26 Å². The molecular weight excluding hydrogens is 638 g/mol. The Morgan fingerprint density at radius 3 is 2.50 bits per heavy atom. The van der Waals surface area contributed by atoms with E-state index in [4.69, 9.17) is 9.47 Å². The number of benzene rings is 2. The standard InChI is InChI=1S/C34H41N5O8S/c1-24-18-26(20-35)8-9-28(24)27-10-15-36-29(19-27)48(44,45)23-33(30(40)38-43)12-16-39(17-13-33)32(42)47-22-34(11-5-14-37-34)31(41)46-21-25-6-3-2-4-7-25/h2-4,6-10,18,29,36-37,43H,5,11-17,19,21-23H2,1H3,(H,38,40)/t29?,34-/m0/s1. The van der Waals surface area contributed by atoms with Crippen molar-refractivity contribution in [3.63, 3.8) is 0 Å². The summed E-state index contributed by atoms with van der Waals surface area (Å²) < 4.78 is 38.7. The first-order chi connectivity index (χ1) is 23.0. The SMILES string of the molecule is Cc1cc(C#N)ccc1C1=CCNC(S(=O)(=O)CC2(C(=O)NO)CCN(C(=O)OC[C@]3(C(=O)OCc4ccccc4)CCCN3)CC2)C1. The molecule has 3 aliphatic heterocycles. The third-order valence-corrected chi connectivity index (χ3v) is 11.7. The van der Waals surface area contributed by atoms with Gasteiger partial charge in [0, 0.05) is 26.1 Å². The van der Waals surface area contributed by atoms with Crippen LogP contribution in [0, 0.1) is 23.7 Å². The molecule has 4 N–H and O–H groups in total. The van der Waals surface area contributed by atoms with Crippen LogP contribution in [0.25, 0.3) is 5.57 Å². The Kier molecular flexibility index (Phi) is 10.8. The molecule has 0 saturated carbocycles. The summed E-state index contributed by atoms with van der Waals surface area (Å²) in [6, 6.07) is 16.6. The van der Waals surface area contributed by atoms with Gasteiger partial charge in [-0.25, -0.2) is 23.5 Å². The molecule has 48 heavy (non-hydrogen) atoms. The number of nitrogens with zero attached hydrogens (tertiary/aromatic N) is 2. The molecule has 13 nitrogen and oxygen atoms in total. The van der Waals surface area contributed by atoms with Crippen molar-refractivity contribution >= 4 is 33.4 Å². The number of aryl methyl sites for hydroxylation is 1. The Labute approximate surface area is 280 Å². The number of hydroxylamine groups is 1. The maximum absolute atomic E-state index is 13.8. The smallest absolute Gasteiger partial charge is 0.409 e. The summed E-state index contributed by atoms with van der Waals surface area (Å²) in [5.41, 5.74) is 2.86. The van der Waals surface area contributed by atoms with Crippen LogP contribution < -0.4 is 16.1 Å². The summed E-state index contributed by atoms with van der Waals surface area (Å²) in [4.78, 5) is 40.6. The van der Waals surface area contributed by atoms with Crippen LogP contribution in [0.4, 0.5) is 4.79 Å². The molecule has 0 bridgehead atoms. The third-order valence-electron chi connectivity index (χ3n) is 9.56. The highest BCUT2D eigenvalue weighted by atomic mass is 32.2. The zero-order chi connectivity index (χ0) is 34.4. The van der Waals surface area contributed by atoms with Gasteiger partial charge in [0.15, 0.2) is 15.4 Å². The van der Waals surface area contributed by atoms with Crippen molar-refractivity contribution in [2.75, 3.05) is 38.5 Å². The van der Waals surface area contributed by atoms with Crippen LogP contribution in [0.15, 0.2) is 54.6 Å². The molecule has 2 saturated heterocycles. The summed E-state index contributed by atoms with van der Waals surface area (Å²) in [5, 5.41) is 24.0. The predicted octanol–water partition coefficient (Wildman–Crippen LogP) is 2.57. The van der Waals surface area contributed by atoms with Crippen LogP contribution in [0.2, 0.25) is 0 Å². The molecule has 5 rings (SSSR count). The molecule has 256 valence electrons. The summed E-state index contributed by atoms with van der Waals surface area (Å²) in [6.07, 6.45) is 2.46. The molecule has 0 aliphatic carbocycles. The number of piperidine rings is 1. The average molecular weight is 680 g/mol. The number of carbonyl (C=O) groups is 3. The van der Waals surface area contributed by atoms with Gasteiger partial charge in [-0.15, -0.1) is 0 Å². The number of nitriles is 1. The van der Waals surface area contributed by atoms with Crippen LogP contribution in [0.3, 0.4) is 0 Å². The van der Waals surface area contributed by atoms with Gasteiger partial charge in [0.25, 0.3) is 5.91 Å². The maximum Gasteiger partial charge on any atom is 0.409 e. The lowest BCUT2D eigenvalue weighted by molar-refractivity contribution is -0.154. The van der Waals surface area contributed by atoms with Gasteiger partial charge in [-0.3, -0.25) is 20.6 Å². The van der Waals surface area contributed by atoms with E-state index in [1.54, 1.807) is 17.6 Å². The number of ether oxygens (including phenoxy) is 2. The van der Waals surface area contributed by atoms with Crippen LogP contribution >= 0.6 is 0 Å². The third kappa shape index (κ3) is 7.71. The highest BCUT2D eigenvalue weighted by Crippen LogP contribution is 2.37. The molecule has 3 heterocycles. The molecule has 2 aromatic carbocycles. The second-order valence-corrected chi connectivity index (χ2v) is 14.9. The molecule has 2 aromatic rings. The molecule has 1 unspecified atom stereocenters. The van der Waals surface area contributed by atoms with E-state index in [1.165, 1.54) is 4.90 Å². The van der Waals surface area contributed by atoms with E-state index in [1.807, 2.05) is 49.4 Å². The van der Waals surface area contributed by atoms with Gasteiger partial charge in [0.1, 0.15) is 18.6 Å². The molecule has 0 radical (unpaired) electrons. The van der Waals surface area contributed by atoms with Gasteiger partial charge in [0.2, 0.25) is 0 Å². The van der Waals surface area contributed by atoms with E-state index >= 15 is 0 Å². The molecule has 3 aliphatic rings. The second-order valence-electron chi connectivity index (χ2n) is 12.7. The number of sulfone groups is 1. The summed E-state index contributed by atoms with van der Waals surface area (Å²) in [6.45, 7) is 2.59. The minimum absolute atomic E-state index is 0.00827. The zero-order valence-electron chi connectivity index (χ0n) is 26.9. The number of likely N-dealkylation sites (tertiary alicyclic amines) is 1. The molecule has 2 fully saturated rings. The number of hydrogen-bond acceptors (Lipinski definition) is 11. The monoisotopic (exact) mass is 679 g/mol. The Balaban J connectivity index is 1.20. The van der Waals surface area contributed by atoms with Crippen molar-refractivity contribution in [2.24, 2.45) is 5.41 Å². The number of amides is 2. The van der Waals surface area contributed by atoms with E-state index in [0.717, 1.165) is 22.3 Å². The number of carbonyl (C=O) groups excluding carboxylic acids is 3. The molecule has 0 aromatic heterocycles. The van der Waals surface area contributed by atoms with Crippen molar-refractivity contribution in [2.45, 2.75) is 56.5 Å². The second kappa shape index (κ2) is 14.9. The summed E-state index contributed by atoms with van der Waals surface area (Å²) >= 11 is 0. The van der Waals surface area contributed by atoms with Gasteiger partial charge in [-0.1, -0.05) is 42.5 Å². The van der Waals surface area contributed by atoms with Gasteiger partial charge in [-0.2, -0.15) is 5.26 Å². The fourth-order valence-electron chi connectivity index (χ4n) is 6.69. The van der Waals surface area contributed by atoms with Crippen LogP contribution in [0.5, 0.6) is 0 Å². The topological polar surface area (TPSA) is 187 Å². The first-order valence-corrected chi connectivity index (χ1v) is 17.7. The summed E-state index contributed by atoms with van der Waals surface area (Å²) in [7, 11) is -3.94. The van der Waals surface area contributed by atoms with E-state index in [-0.39, 0.29) is 45.6 Å². The first-order valence-electron chi connectivity index (χ1n) is 16.0. The quantitative estimate of drug-likeness (QED) is 0.164. The largest absolute Gasteiger partial charge is 0.459 e. The lowest BCUT2D eigenvalue weighted by Crippen LogP contribution is -2.56. The van der Waals surface area contributed by atoms with Gasteiger partial charge >= 0.3 is 12.1 Å². The fourth-order valence-corrected chi connectivity index (χ4v) is 8.87. The van der Waals surface area contributed by atoms with Gasteiger partial charge < -0.3 is 14.4 Å². The molecule has 14 heteroatoms. The van der Waals surface area contributed by atoms with Crippen LogP contribution in [-0.2, 0) is 35.5 Å². The molecule has 2 atom stereocenters. The number of nitrogens with one attached hydrogen (secondary N) is 3. The maximum atomic E-state index is 13.8. The number of rotatable bonds is 10. The first kappa shape index (κ1) is 35.0. The van der Waals surface area contributed by atoms with E-state index in [0.29, 0.717) is 31.5 Å². The minimum atomic E-state index is -3.94. The van der Waals surface area contributed by atoms with Crippen molar-refractivity contribution < 1.29 is 37.5 Å². The van der Waals surface area contributed by atoms with Gasteiger partial charge in [0.05, 0.1) is 22.8 Å². The van der Waals surface area contributed by atoms with E-state index in [2.05, 4.69) is 16.7 Å². The minimum Gasteiger partial charge on any atom is -0.459 e. The highest BCUT2D eigenvalue weighted by Gasteiger charge is 2.49. The number of esters is 1. The molecule has 2 amide bonds. The molecule has 0 spiro atoms. The zero-order valence-corrected chi connectivity index (χ0v) is 27.7. The van der Waals surface area contributed by atoms with Crippen molar-refractivity contribution in [3.8, 4) is 6.07 Å². The number of hydrogen-bond donors (Lipinski definition) is 4. The van der Waals surface area contributed by atoms with Crippen LogP contribution in [0.1, 0.15) is 54.4 Å². The highest BCUT2D eigenvalue weighted by molar-refractivity contribution is 7.92. The van der Waals surface area contributed by atoms with Gasteiger partial charge in [-0.05, 0) is 73.5 Å². The molecular formula is C34H41N5O8S. The van der Waals surface area contributed by atoms with Crippen LogP contribution in [-0.4, -0.2) is 85.9 Å². The Bertz CT molecular complexity index is 1690. The average Bonchev–Trinajstić information content (AvgIpc) is 3.60. The van der Waals surface area contributed by atoms with Crippen molar-refractivity contribution in [1.82, 2.24) is 21.0 Å². The van der Waals surface area contributed by atoms with E-state index < -0.39 is 49.9 Å². The lowest BCUT2D eigenvalue weighted by Gasteiger charge is -2.40. The van der Waals surface area contributed by atoms with E-state index in [9.17, 15) is 33.3 Å².